The van der Waals surface area contributed by atoms with Gasteiger partial charge in [-0.2, -0.15) is 5.10 Å². The van der Waals surface area contributed by atoms with Crippen LogP contribution in [0.25, 0.3) is 42.9 Å². The molecule has 0 spiro atoms. The summed E-state index contributed by atoms with van der Waals surface area (Å²) < 4.78 is 2.85. The Labute approximate surface area is 218 Å². The molecule has 3 heterocycles. The minimum atomic E-state index is -0.157. The van der Waals surface area contributed by atoms with Crippen LogP contribution in [0.4, 0.5) is 5.69 Å². The Balaban J connectivity index is 1.21. The molecule has 1 amide bonds. The number of carbonyl (C=O) groups excluding carboxylic acids is 1. The van der Waals surface area contributed by atoms with Crippen LogP contribution < -0.4 is 5.32 Å². The lowest BCUT2D eigenvalue weighted by Crippen LogP contribution is -2.19. The number of benzene rings is 3. The number of hydrogen-bond acceptors (Lipinski definition) is 5. The van der Waals surface area contributed by atoms with E-state index < -0.39 is 0 Å². The van der Waals surface area contributed by atoms with E-state index in [-0.39, 0.29) is 12.5 Å². The molecule has 182 valence electrons. The molecule has 0 aliphatic heterocycles. The zero-order chi connectivity index (χ0) is 25.5. The number of thiazole rings is 1. The molecule has 6 rings (SSSR count). The van der Waals surface area contributed by atoms with Crippen LogP contribution in [0.3, 0.4) is 0 Å². The van der Waals surface area contributed by atoms with E-state index in [0.29, 0.717) is 5.65 Å². The van der Waals surface area contributed by atoms with Crippen LogP contribution >= 0.6 is 11.3 Å². The Morgan fingerprint density at radius 1 is 0.892 bits per heavy atom. The highest BCUT2D eigenvalue weighted by molar-refractivity contribution is 7.21. The summed E-state index contributed by atoms with van der Waals surface area (Å²) in [6.45, 7) is 6.19. The minimum Gasteiger partial charge on any atom is -0.324 e. The maximum atomic E-state index is 12.9. The van der Waals surface area contributed by atoms with Crippen molar-refractivity contribution < 1.29 is 4.79 Å². The lowest BCUT2D eigenvalue weighted by molar-refractivity contribution is -0.116. The van der Waals surface area contributed by atoms with Crippen molar-refractivity contribution in [1.82, 2.24) is 19.7 Å². The van der Waals surface area contributed by atoms with E-state index >= 15 is 0 Å². The van der Waals surface area contributed by atoms with Crippen molar-refractivity contribution in [3.63, 3.8) is 0 Å². The van der Waals surface area contributed by atoms with Gasteiger partial charge in [0.05, 0.1) is 15.9 Å². The number of aryl methyl sites for hydroxylation is 3. The first-order valence-corrected chi connectivity index (χ1v) is 12.9. The highest BCUT2D eigenvalue weighted by Gasteiger charge is 2.16. The molecule has 3 aromatic carbocycles. The zero-order valence-corrected chi connectivity index (χ0v) is 21.6. The van der Waals surface area contributed by atoms with Gasteiger partial charge in [0, 0.05) is 22.8 Å². The SMILES string of the molecule is Cc1ccc(-c2ccnc3c2c(C)nn3CC(=O)Nc2ccc(-c3nc4ccc(C)cc4s3)cc2)cc1. The molecule has 0 fully saturated rings. The number of amides is 1. The number of aromatic nitrogens is 4. The summed E-state index contributed by atoms with van der Waals surface area (Å²) in [6.07, 6.45) is 1.77. The summed E-state index contributed by atoms with van der Waals surface area (Å²) in [5.74, 6) is -0.157. The Hall–Kier alpha value is -4.36. The average Bonchev–Trinajstić information content (AvgIpc) is 3.45. The van der Waals surface area contributed by atoms with E-state index in [9.17, 15) is 4.79 Å². The third-order valence-electron chi connectivity index (χ3n) is 6.42. The molecular weight excluding hydrogens is 478 g/mol. The van der Waals surface area contributed by atoms with Gasteiger partial charge in [0.25, 0.3) is 0 Å². The smallest absolute Gasteiger partial charge is 0.246 e. The number of anilines is 1. The second-order valence-electron chi connectivity index (χ2n) is 9.28. The maximum absolute atomic E-state index is 12.9. The number of fused-ring (bicyclic) bond motifs is 2. The molecule has 6 nitrogen and oxygen atoms in total. The van der Waals surface area contributed by atoms with Gasteiger partial charge in [-0.1, -0.05) is 35.9 Å². The largest absolute Gasteiger partial charge is 0.324 e. The third kappa shape index (κ3) is 4.49. The van der Waals surface area contributed by atoms with Gasteiger partial charge in [-0.25, -0.2) is 14.6 Å². The fourth-order valence-electron chi connectivity index (χ4n) is 4.55. The fourth-order valence-corrected chi connectivity index (χ4v) is 5.62. The third-order valence-corrected chi connectivity index (χ3v) is 7.49. The lowest BCUT2D eigenvalue weighted by Gasteiger charge is -2.07. The molecule has 0 radical (unpaired) electrons. The van der Waals surface area contributed by atoms with Crippen molar-refractivity contribution in [2.24, 2.45) is 0 Å². The molecule has 0 aliphatic rings. The van der Waals surface area contributed by atoms with Crippen molar-refractivity contribution in [3.05, 3.63) is 95.8 Å². The van der Waals surface area contributed by atoms with Crippen molar-refractivity contribution in [1.29, 1.82) is 0 Å². The van der Waals surface area contributed by atoms with Crippen LogP contribution in [0.15, 0.2) is 79.0 Å². The first-order valence-electron chi connectivity index (χ1n) is 12.1. The topological polar surface area (TPSA) is 72.7 Å². The van der Waals surface area contributed by atoms with Crippen LogP contribution in [0, 0.1) is 20.8 Å². The quantitative estimate of drug-likeness (QED) is 0.277. The Morgan fingerprint density at radius 2 is 1.62 bits per heavy atom. The normalized spacial score (nSPS) is 11.3. The van der Waals surface area contributed by atoms with Crippen LogP contribution in [0.2, 0.25) is 0 Å². The lowest BCUT2D eigenvalue weighted by atomic mass is 10.0. The van der Waals surface area contributed by atoms with Crippen LogP contribution in [0.5, 0.6) is 0 Å². The molecule has 0 bridgehead atoms. The molecule has 0 aliphatic carbocycles. The van der Waals surface area contributed by atoms with Gasteiger partial charge in [0.2, 0.25) is 5.91 Å². The van der Waals surface area contributed by atoms with Crippen LogP contribution in [-0.4, -0.2) is 25.7 Å². The summed E-state index contributed by atoms with van der Waals surface area (Å²) in [4.78, 5) is 22.2. The summed E-state index contributed by atoms with van der Waals surface area (Å²) in [7, 11) is 0. The van der Waals surface area contributed by atoms with E-state index in [4.69, 9.17) is 4.98 Å². The molecule has 0 saturated heterocycles. The number of hydrogen-bond donors (Lipinski definition) is 1. The summed E-state index contributed by atoms with van der Waals surface area (Å²) in [5, 5.41) is 9.56. The van der Waals surface area contributed by atoms with Gasteiger partial charge in [0.1, 0.15) is 11.6 Å². The first kappa shape index (κ1) is 23.1. The minimum absolute atomic E-state index is 0.0770. The summed E-state index contributed by atoms with van der Waals surface area (Å²) in [5.41, 5.74) is 8.91. The van der Waals surface area contributed by atoms with E-state index in [1.54, 1.807) is 22.2 Å². The number of rotatable bonds is 5. The van der Waals surface area contributed by atoms with Gasteiger partial charge >= 0.3 is 0 Å². The number of carbonyl (C=O) groups is 1. The molecule has 3 aromatic heterocycles. The molecule has 0 saturated carbocycles. The number of nitrogens with one attached hydrogen (secondary N) is 1. The monoisotopic (exact) mass is 503 g/mol. The Morgan fingerprint density at radius 3 is 2.41 bits per heavy atom. The van der Waals surface area contributed by atoms with E-state index in [2.05, 4.69) is 71.7 Å². The fraction of sp³-hybridized carbons (Fsp3) is 0.133. The summed E-state index contributed by atoms with van der Waals surface area (Å²) >= 11 is 1.67. The van der Waals surface area contributed by atoms with Gasteiger partial charge in [-0.05, 0) is 79.9 Å². The summed E-state index contributed by atoms with van der Waals surface area (Å²) in [6, 6.07) is 24.5. The molecule has 6 aromatic rings. The highest BCUT2D eigenvalue weighted by atomic mass is 32.1. The zero-order valence-electron chi connectivity index (χ0n) is 20.8. The Kier molecular flexibility index (Phi) is 5.77. The van der Waals surface area contributed by atoms with Crippen molar-refractivity contribution in [2.45, 2.75) is 27.3 Å². The first-order chi connectivity index (χ1) is 17.9. The van der Waals surface area contributed by atoms with E-state index in [1.807, 2.05) is 37.3 Å². The Bertz CT molecular complexity index is 1760. The molecule has 37 heavy (non-hydrogen) atoms. The van der Waals surface area contributed by atoms with Gasteiger partial charge in [0.15, 0.2) is 5.65 Å². The second kappa shape index (κ2) is 9.26. The molecule has 0 atom stereocenters. The molecule has 7 heteroatoms. The molecular formula is C30H25N5OS. The van der Waals surface area contributed by atoms with Gasteiger partial charge in [-0.3, -0.25) is 4.79 Å². The van der Waals surface area contributed by atoms with Crippen molar-refractivity contribution in [3.8, 4) is 21.7 Å². The van der Waals surface area contributed by atoms with Crippen LogP contribution in [0.1, 0.15) is 16.8 Å². The van der Waals surface area contributed by atoms with Crippen molar-refractivity contribution in [2.75, 3.05) is 5.32 Å². The highest BCUT2D eigenvalue weighted by Crippen LogP contribution is 2.32. The standard InChI is InChI=1S/C30H25N5OS/c1-18-4-7-21(8-5-18)24-14-15-31-29-28(24)20(3)34-35(29)17-27(36)32-23-11-9-22(10-12-23)30-33-25-13-6-19(2)16-26(25)37-30/h4-16H,17H2,1-3H3,(H,32,36). The van der Waals surface area contributed by atoms with E-state index in [1.165, 1.54) is 15.8 Å². The van der Waals surface area contributed by atoms with Gasteiger partial charge in [-0.15, -0.1) is 11.3 Å². The predicted molar refractivity (Wildman–Crippen MR) is 151 cm³/mol. The second-order valence-corrected chi connectivity index (χ2v) is 10.3. The molecule has 1 N–H and O–H groups in total. The van der Waals surface area contributed by atoms with Crippen molar-refractivity contribution >= 4 is 44.2 Å². The predicted octanol–water partition coefficient (Wildman–Crippen LogP) is 6.94. The van der Waals surface area contributed by atoms with Gasteiger partial charge < -0.3 is 5.32 Å². The van der Waals surface area contributed by atoms with Crippen LogP contribution in [-0.2, 0) is 11.3 Å². The molecule has 0 unspecified atom stereocenters. The number of nitrogens with zero attached hydrogens (tertiary/aromatic N) is 4. The van der Waals surface area contributed by atoms with E-state index in [0.717, 1.165) is 44.0 Å². The maximum Gasteiger partial charge on any atom is 0.246 e. The average molecular weight is 504 g/mol. The number of pyridine rings is 1.